The fourth-order valence-electron chi connectivity index (χ4n) is 4.35. The number of aromatic amines is 1. The molecule has 1 saturated heterocycles. The Balaban J connectivity index is 1.38. The van der Waals surface area contributed by atoms with Gasteiger partial charge in [0.25, 0.3) is 5.91 Å². The number of pyridine rings is 1. The van der Waals surface area contributed by atoms with Gasteiger partial charge in [0.1, 0.15) is 11.9 Å². The van der Waals surface area contributed by atoms with E-state index in [0.717, 1.165) is 33.4 Å². The van der Waals surface area contributed by atoms with Crippen LogP contribution in [-0.4, -0.2) is 45.7 Å². The van der Waals surface area contributed by atoms with Crippen molar-refractivity contribution in [2.75, 3.05) is 19.7 Å². The molecule has 1 fully saturated rings. The van der Waals surface area contributed by atoms with Gasteiger partial charge in [-0.25, -0.2) is 4.39 Å². The molecule has 0 unspecified atom stereocenters. The molecule has 1 N–H and O–H groups in total. The van der Waals surface area contributed by atoms with Gasteiger partial charge in [-0.3, -0.25) is 14.9 Å². The van der Waals surface area contributed by atoms with Gasteiger partial charge in [0.05, 0.1) is 24.4 Å². The number of hydrogen-bond acceptors (Lipinski definition) is 4. The highest BCUT2D eigenvalue weighted by Gasteiger charge is 2.29. The molecule has 1 atom stereocenters. The molecule has 0 aliphatic carbocycles. The Hall–Kier alpha value is -3.58. The predicted octanol–water partition coefficient (Wildman–Crippen LogP) is 4.52. The van der Waals surface area contributed by atoms with E-state index in [9.17, 15) is 9.18 Å². The summed E-state index contributed by atoms with van der Waals surface area (Å²) in [5.41, 5.74) is 5.52. The summed E-state index contributed by atoms with van der Waals surface area (Å²) < 4.78 is 20.1. The first-order chi connectivity index (χ1) is 16.0. The molecule has 2 aromatic carbocycles. The number of nitrogens with one attached hydrogen (secondary N) is 1. The first-order valence-corrected chi connectivity index (χ1v) is 11.0. The van der Waals surface area contributed by atoms with Crippen molar-refractivity contribution < 1.29 is 13.9 Å². The second-order valence-corrected chi connectivity index (χ2v) is 8.54. The smallest absolute Gasteiger partial charge is 0.275 e. The fraction of sp³-hybridized carbons (Fsp3) is 0.269. The van der Waals surface area contributed by atoms with E-state index in [1.807, 2.05) is 50.2 Å². The van der Waals surface area contributed by atoms with Gasteiger partial charge in [-0.1, -0.05) is 29.8 Å². The molecular formula is C26H25FN4O2. The second-order valence-electron chi connectivity index (χ2n) is 8.54. The van der Waals surface area contributed by atoms with Crippen molar-refractivity contribution >= 4 is 16.8 Å². The topological polar surface area (TPSA) is 71.1 Å². The van der Waals surface area contributed by atoms with E-state index in [1.165, 1.54) is 6.07 Å². The fourth-order valence-corrected chi connectivity index (χ4v) is 4.35. The van der Waals surface area contributed by atoms with E-state index in [0.29, 0.717) is 37.4 Å². The summed E-state index contributed by atoms with van der Waals surface area (Å²) in [5, 5.41) is 8.06. The molecule has 168 valence electrons. The molecular weight excluding hydrogens is 419 g/mol. The Bertz CT molecular complexity index is 1330. The quantitative estimate of drug-likeness (QED) is 0.503. The van der Waals surface area contributed by atoms with Crippen molar-refractivity contribution in [3.8, 4) is 0 Å². The molecule has 5 rings (SSSR count). The number of aryl methyl sites for hydroxylation is 2. The van der Waals surface area contributed by atoms with E-state index in [-0.39, 0.29) is 17.8 Å². The highest BCUT2D eigenvalue weighted by molar-refractivity contribution is 6.04. The van der Waals surface area contributed by atoms with Crippen LogP contribution in [0, 0.1) is 19.7 Å². The van der Waals surface area contributed by atoms with Crippen LogP contribution in [0.3, 0.4) is 0 Å². The van der Waals surface area contributed by atoms with Gasteiger partial charge in [0, 0.05) is 24.0 Å². The number of morpholine rings is 1. The summed E-state index contributed by atoms with van der Waals surface area (Å²) >= 11 is 0. The Morgan fingerprint density at radius 1 is 1.18 bits per heavy atom. The van der Waals surface area contributed by atoms with Crippen molar-refractivity contribution in [1.82, 2.24) is 20.1 Å². The van der Waals surface area contributed by atoms with Gasteiger partial charge >= 0.3 is 0 Å². The normalized spacial score (nSPS) is 16.3. The second kappa shape index (κ2) is 8.75. The first kappa shape index (κ1) is 21.3. The number of carbonyl (C=O) groups excluding carboxylic acids is 1. The Labute approximate surface area is 191 Å². The van der Waals surface area contributed by atoms with Crippen LogP contribution in [0.1, 0.15) is 44.7 Å². The summed E-state index contributed by atoms with van der Waals surface area (Å²) in [4.78, 5) is 19.7. The predicted molar refractivity (Wildman–Crippen MR) is 124 cm³/mol. The van der Waals surface area contributed by atoms with Gasteiger partial charge in [0.2, 0.25) is 0 Å². The highest BCUT2D eigenvalue weighted by atomic mass is 19.1. The standard InChI is InChI=1S/C26H25FN4O2/c1-16-7-8-22-20(11-16)25(30-29-22)26(32)31-9-10-33-24(15-31)23-14-18(12-17(2)28-23)13-19-5-3-4-6-21(19)27/h3-8,11-12,14,24H,9-10,13,15H2,1-2H3,(H,29,30)/t24-/m1/s1. The van der Waals surface area contributed by atoms with E-state index in [2.05, 4.69) is 15.2 Å². The van der Waals surface area contributed by atoms with Crippen LogP contribution >= 0.6 is 0 Å². The van der Waals surface area contributed by atoms with Crippen molar-refractivity contribution in [1.29, 1.82) is 0 Å². The van der Waals surface area contributed by atoms with Gasteiger partial charge < -0.3 is 9.64 Å². The molecule has 7 heteroatoms. The molecule has 0 bridgehead atoms. The number of rotatable bonds is 4. The summed E-state index contributed by atoms with van der Waals surface area (Å²) in [6, 6.07) is 16.6. The van der Waals surface area contributed by atoms with Crippen molar-refractivity contribution in [2.24, 2.45) is 0 Å². The molecule has 1 aliphatic rings. The van der Waals surface area contributed by atoms with Gasteiger partial charge in [-0.2, -0.15) is 5.10 Å². The van der Waals surface area contributed by atoms with Crippen LogP contribution in [0.25, 0.3) is 10.9 Å². The lowest BCUT2D eigenvalue weighted by molar-refractivity contribution is -0.0249. The maximum absolute atomic E-state index is 14.1. The first-order valence-electron chi connectivity index (χ1n) is 11.0. The molecule has 0 radical (unpaired) electrons. The molecule has 3 heterocycles. The maximum Gasteiger partial charge on any atom is 0.275 e. The minimum atomic E-state index is -0.353. The molecule has 33 heavy (non-hydrogen) atoms. The van der Waals surface area contributed by atoms with Crippen LogP contribution in [0.15, 0.2) is 54.6 Å². The van der Waals surface area contributed by atoms with Crippen molar-refractivity contribution in [2.45, 2.75) is 26.4 Å². The van der Waals surface area contributed by atoms with E-state index < -0.39 is 0 Å². The number of halogens is 1. The number of carbonyl (C=O) groups is 1. The Morgan fingerprint density at radius 2 is 2.03 bits per heavy atom. The van der Waals surface area contributed by atoms with E-state index in [1.54, 1.807) is 17.0 Å². The number of aromatic nitrogens is 3. The number of benzene rings is 2. The monoisotopic (exact) mass is 444 g/mol. The number of hydrogen-bond donors (Lipinski definition) is 1. The average molecular weight is 445 g/mol. The minimum absolute atomic E-state index is 0.126. The summed E-state index contributed by atoms with van der Waals surface area (Å²) in [6.07, 6.45) is 0.116. The molecule has 0 spiro atoms. The third-order valence-corrected chi connectivity index (χ3v) is 5.99. The molecule has 1 amide bonds. The molecule has 6 nitrogen and oxygen atoms in total. The van der Waals surface area contributed by atoms with Crippen LogP contribution in [0.2, 0.25) is 0 Å². The van der Waals surface area contributed by atoms with E-state index >= 15 is 0 Å². The molecule has 1 aliphatic heterocycles. The molecule has 4 aromatic rings. The average Bonchev–Trinajstić information content (AvgIpc) is 3.23. The zero-order valence-corrected chi connectivity index (χ0v) is 18.6. The number of nitrogens with zero attached hydrogens (tertiary/aromatic N) is 3. The van der Waals surface area contributed by atoms with Crippen LogP contribution in [0.5, 0.6) is 0 Å². The summed E-state index contributed by atoms with van der Waals surface area (Å²) in [5.74, 6) is -0.347. The zero-order chi connectivity index (χ0) is 22.9. The third kappa shape index (κ3) is 4.36. The molecule has 2 aromatic heterocycles. The number of fused-ring (bicyclic) bond motifs is 1. The van der Waals surface area contributed by atoms with E-state index in [4.69, 9.17) is 4.74 Å². The van der Waals surface area contributed by atoms with Crippen LogP contribution in [-0.2, 0) is 11.2 Å². The highest BCUT2D eigenvalue weighted by Crippen LogP contribution is 2.26. The Morgan fingerprint density at radius 3 is 2.88 bits per heavy atom. The van der Waals surface area contributed by atoms with Gasteiger partial charge in [-0.15, -0.1) is 0 Å². The van der Waals surface area contributed by atoms with Gasteiger partial charge in [-0.05, 0) is 55.3 Å². The van der Waals surface area contributed by atoms with Gasteiger partial charge in [0.15, 0.2) is 5.69 Å². The summed E-state index contributed by atoms with van der Waals surface area (Å²) in [6.45, 7) is 5.19. The SMILES string of the molecule is Cc1ccc2[nH]nc(C(=O)N3CCO[C@@H](c4cc(Cc5ccccc5F)cc(C)n4)C3)c2c1. The van der Waals surface area contributed by atoms with Crippen LogP contribution < -0.4 is 0 Å². The minimum Gasteiger partial charge on any atom is -0.368 e. The number of H-pyrrole nitrogens is 1. The lowest BCUT2D eigenvalue weighted by Gasteiger charge is -2.32. The lowest BCUT2D eigenvalue weighted by atomic mass is 10.0. The maximum atomic E-state index is 14.1. The number of ether oxygens (including phenoxy) is 1. The molecule has 0 saturated carbocycles. The van der Waals surface area contributed by atoms with Crippen LogP contribution in [0.4, 0.5) is 4.39 Å². The largest absolute Gasteiger partial charge is 0.368 e. The zero-order valence-electron chi connectivity index (χ0n) is 18.6. The Kier molecular flexibility index (Phi) is 5.64. The number of amides is 1. The third-order valence-electron chi connectivity index (χ3n) is 5.99. The van der Waals surface area contributed by atoms with Crippen molar-refractivity contribution in [3.05, 3.63) is 94.2 Å². The lowest BCUT2D eigenvalue weighted by Crippen LogP contribution is -2.42. The summed E-state index contributed by atoms with van der Waals surface area (Å²) in [7, 11) is 0. The van der Waals surface area contributed by atoms with Crippen molar-refractivity contribution in [3.63, 3.8) is 0 Å².